The van der Waals surface area contributed by atoms with Crippen molar-refractivity contribution in [3.63, 3.8) is 0 Å². The Kier molecular flexibility index (Phi) is 8.25. The Morgan fingerprint density at radius 2 is 2.17 bits per heavy atom. The Bertz CT molecular complexity index is 828. The molecule has 0 spiro atoms. The van der Waals surface area contributed by atoms with Crippen LogP contribution in [0.3, 0.4) is 0 Å². The number of rotatable bonds is 4. The predicted molar refractivity (Wildman–Crippen MR) is 111 cm³/mol. The summed E-state index contributed by atoms with van der Waals surface area (Å²) in [6.45, 7) is 5.87. The van der Waals surface area contributed by atoms with E-state index in [-0.39, 0.29) is 30.5 Å². The summed E-state index contributed by atoms with van der Waals surface area (Å²) in [4.78, 5) is 10.6. The molecule has 1 aromatic heterocycles. The van der Waals surface area contributed by atoms with Crippen molar-refractivity contribution in [3.05, 3.63) is 47.1 Å². The van der Waals surface area contributed by atoms with Gasteiger partial charge in [0.25, 0.3) is 0 Å². The number of hydrogen-bond acceptors (Lipinski definition) is 5. The Morgan fingerprint density at radius 1 is 1.38 bits per heavy atom. The van der Waals surface area contributed by atoms with Crippen LogP contribution in [-0.2, 0) is 17.5 Å². The second-order valence-electron chi connectivity index (χ2n) is 6.33. The van der Waals surface area contributed by atoms with E-state index in [2.05, 4.69) is 20.4 Å². The van der Waals surface area contributed by atoms with Crippen molar-refractivity contribution >= 4 is 29.9 Å². The van der Waals surface area contributed by atoms with E-state index in [1.807, 2.05) is 11.8 Å². The number of nitrogens with zero attached hydrogens (tertiary/aromatic N) is 4. The van der Waals surface area contributed by atoms with Crippen LogP contribution in [0.1, 0.15) is 35.9 Å². The van der Waals surface area contributed by atoms with Crippen LogP contribution in [0.15, 0.2) is 33.8 Å². The zero-order valence-corrected chi connectivity index (χ0v) is 18.4. The van der Waals surface area contributed by atoms with Crippen molar-refractivity contribution in [1.82, 2.24) is 20.4 Å². The van der Waals surface area contributed by atoms with E-state index in [4.69, 9.17) is 9.26 Å². The number of aliphatic imine (C=N–C) groups is 1. The molecular formula is C18H23F3IN5O2. The molecule has 29 heavy (non-hydrogen) atoms. The van der Waals surface area contributed by atoms with E-state index in [1.165, 1.54) is 6.07 Å². The van der Waals surface area contributed by atoms with E-state index in [0.717, 1.165) is 12.1 Å². The fraction of sp³-hybridized carbons (Fsp3) is 0.500. The molecule has 3 rings (SSSR count). The third kappa shape index (κ3) is 6.29. The highest BCUT2D eigenvalue weighted by molar-refractivity contribution is 14.0. The van der Waals surface area contributed by atoms with Gasteiger partial charge in [0.2, 0.25) is 5.89 Å². The number of benzene rings is 1. The average Bonchev–Trinajstić information content (AvgIpc) is 3.10. The van der Waals surface area contributed by atoms with E-state index in [1.54, 1.807) is 13.0 Å². The van der Waals surface area contributed by atoms with Gasteiger partial charge in [-0.3, -0.25) is 0 Å². The molecule has 0 amide bonds. The number of morpholine rings is 1. The zero-order valence-electron chi connectivity index (χ0n) is 16.1. The Balaban J connectivity index is 0.00000300. The van der Waals surface area contributed by atoms with Gasteiger partial charge in [-0.05, 0) is 31.5 Å². The van der Waals surface area contributed by atoms with Crippen LogP contribution in [0.25, 0.3) is 0 Å². The van der Waals surface area contributed by atoms with Gasteiger partial charge < -0.3 is 19.5 Å². The average molecular weight is 525 g/mol. The lowest BCUT2D eigenvalue weighted by molar-refractivity contribution is -0.137. The molecule has 160 valence electrons. The van der Waals surface area contributed by atoms with Gasteiger partial charge in [-0.2, -0.15) is 18.2 Å². The van der Waals surface area contributed by atoms with Gasteiger partial charge in [0.1, 0.15) is 12.6 Å². The zero-order chi connectivity index (χ0) is 20.1. The molecular weight excluding hydrogens is 502 g/mol. The first-order chi connectivity index (χ1) is 13.4. The summed E-state index contributed by atoms with van der Waals surface area (Å²) >= 11 is 0. The molecule has 1 fully saturated rings. The lowest BCUT2D eigenvalue weighted by atomic mass is 10.0. The van der Waals surface area contributed by atoms with Gasteiger partial charge in [-0.15, -0.1) is 24.0 Å². The van der Waals surface area contributed by atoms with Crippen LogP contribution in [0.4, 0.5) is 13.2 Å². The smallest absolute Gasteiger partial charge is 0.370 e. The highest BCUT2D eigenvalue weighted by Gasteiger charge is 2.32. The summed E-state index contributed by atoms with van der Waals surface area (Å²) in [5, 5.41) is 6.92. The molecule has 0 bridgehead atoms. The van der Waals surface area contributed by atoms with Crippen molar-refractivity contribution in [1.29, 1.82) is 0 Å². The predicted octanol–water partition coefficient (Wildman–Crippen LogP) is 3.55. The maximum atomic E-state index is 13.0. The molecule has 1 aliphatic rings. The molecule has 1 unspecified atom stereocenters. The van der Waals surface area contributed by atoms with Gasteiger partial charge >= 0.3 is 6.18 Å². The second-order valence-corrected chi connectivity index (χ2v) is 6.33. The maximum Gasteiger partial charge on any atom is 0.416 e. The first kappa shape index (κ1) is 23.4. The van der Waals surface area contributed by atoms with E-state index >= 15 is 0 Å². The normalized spacial score (nSPS) is 17.8. The van der Waals surface area contributed by atoms with Crippen molar-refractivity contribution in [3.8, 4) is 0 Å². The molecule has 0 aliphatic carbocycles. The van der Waals surface area contributed by atoms with Crippen LogP contribution in [0.5, 0.6) is 0 Å². The largest absolute Gasteiger partial charge is 0.416 e. The molecule has 1 aliphatic heterocycles. The van der Waals surface area contributed by atoms with Gasteiger partial charge in [-0.1, -0.05) is 17.3 Å². The molecule has 2 aromatic rings. The van der Waals surface area contributed by atoms with Crippen LogP contribution in [0.2, 0.25) is 0 Å². The van der Waals surface area contributed by atoms with Crippen LogP contribution < -0.4 is 5.32 Å². The minimum absolute atomic E-state index is 0. The summed E-state index contributed by atoms with van der Waals surface area (Å²) in [7, 11) is 0. The van der Waals surface area contributed by atoms with Crippen molar-refractivity contribution in [2.45, 2.75) is 32.7 Å². The van der Waals surface area contributed by atoms with Gasteiger partial charge in [-0.25, -0.2) is 4.99 Å². The summed E-state index contributed by atoms with van der Waals surface area (Å²) in [5.41, 5.74) is -0.194. The van der Waals surface area contributed by atoms with Crippen LogP contribution in [-0.4, -0.2) is 47.2 Å². The minimum atomic E-state index is -4.39. The Hall–Kier alpha value is -1.89. The molecule has 11 heteroatoms. The molecule has 7 nitrogen and oxygen atoms in total. The molecule has 0 radical (unpaired) electrons. The number of nitrogens with one attached hydrogen (secondary N) is 1. The van der Waals surface area contributed by atoms with Gasteiger partial charge in [0.15, 0.2) is 11.8 Å². The monoisotopic (exact) mass is 525 g/mol. The number of halogens is 4. The summed E-state index contributed by atoms with van der Waals surface area (Å²) in [5.74, 6) is 1.56. The SMILES string of the molecule is CCNC(=NCc1nc(C)no1)N1CCOC(c2cccc(C(F)(F)F)c2)C1.I. The number of alkyl halides is 3. The number of ether oxygens (including phenoxy) is 1. The summed E-state index contributed by atoms with van der Waals surface area (Å²) in [6.07, 6.45) is -4.87. The third-order valence-electron chi connectivity index (χ3n) is 4.22. The highest BCUT2D eigenvalue weighted by Crippen LogP contribution is 2.32. The second kappa shape index (κ2) is 10.2. The first-order valence-corrected chi connectivity index (χ1v) is 8.98. The van der Waals surface area contributed by atoms with Gasteiger partial charge in [0, 0.05) is 13.1 Å². The number of aryl methyl sites for hydroxylation is 1. The van der Waals surface area contributed by atoms with Crippen molar-refractivity contribution in [2.75, 3.05) is 26.2 Å². The van der Waals surface area contributed by atoms with E-state index in [9.17, 15) is 13.2 Å². The standard InChI is InChI=1S/C18H22F3N5O2.HI/c1-3-22-17(23-10-16-24-12(2)25-28-16)26-7-8-27-15(11-26)13-5-4-6-14(9-13)18(19,20)21;/h4-6,9,15H,3,7-8,10-11H2,1-2H3,(H,22,23);1H. The van der Waals surface area contributed by atoms with E-state index < -0.39 is 17.8 Å². The Morgan fingerprint density at radius 3 is 2.83 bits per heavy atom. The fourth-order valence-corrected chi connectivity index (χ4v) is 2.93. The molecule has 1 atom stereocenters. The number of hydrogen-bond donors (Lipinski definition) is 1. The minimum Gasteiger partial charge on any atom is -0.370 e. The molecule has 1 saturated heterocycles. The molecule has 0 saturated carbocycles. The maximum absolute atomic E-state index is 13.0. The summed E-state index contributed by atoms with van der Waals surface area (Å²) < 4.78 is 49.8. The topological polar surface area (TPSA) is 75.8 Å². The lowest BCUT2D eigenvalue weighted by Crippen LogP contribution is -2.48. The van der Waals surface area contributed by atoms with Crippen molar-refractivity contribution in [2.24, 2.45) is 4.99 Å². The number of guanidine groups is 1. The van der Waals surface area contributed by atoms with Crippen LogP contribution >= 0.6 is 24.0 Å². The lowest BCUT2D eigenvalue weighted by Gasteiger charge is -2.35. The summed E-state index contributed by atoms with van der Waals surface area (Å²) in [6, 6.07) is 5.24. The first-order valence-electron chi connectivity index (χ1n) is 8.98. The molecule has 1 aromatic carbocycles. The van der Waals surface area contributed by atoms with Crippen LogP contribution in [0, 0.1) is 6.92 Å². The van der Waals surface area contributed by atoms with Crippen molar-refractivity contribution < 1.29 is 22.4 Å². The number of aromatic nitrogens is 2. The third-order valence-corrected chi connectivity index (χ3v) is 4.22. The molecule has 1 N–H and O–H groups in total. The Labute approximate surface area is 183 Å². The van der Waals surface area contributed by atoms with E-state index in [0.29, 0.717) is 49.5 Å². The van der Waals surface area contributed by atoms with Gasteiger partial charge in [0.05, 0.1) is 18.7 Å². The fourth-order valence-electron chi connectivity index (χ4n) is 2.93. The highest BCUT2D eigenvalue weighted by atomic mass is 127. The quantitative estimate of drug-likeness (QED) is 0.374. The molecule has 2 heterocycles.